The fourth-order valence-electron chi connectivity index (χ4n) is 4.13. The molecule has 3 aromatic rings. The molecule has 33 heavy (non-hydrogen) atoms. The van der Waals surface area contributed by atoms with Crippen molar-refractivity contribution in [3.05, 3.63) is 89.0 Å². The number of hydrogen-bond acceptors (Lipinski definition) is 5. The summed E-state index contributed by atoms with van der Waals surface area (Å²) < 4.78 is 20.5. The second-order valence-corrected chi connectivity index (χ2v) is 8.24. The fraction of sp³-hybridized carbons (Fsp3) is 0.296. The van der Waals surface area contributed by atoms with Gasteiger partial charge in [0.25, 0.3) is 0 Å². The van der Waals surface area contributed by atoms with Crippen molar-refractivity contribution in [3.63, 3.8) is 0 Å². The first-order valence-electron chi connectivity index (χ1n) is 11.1. The number of piperazine rings is 1. The summed E-state index contributed by atoms with van der Waals surface area (Å²) in [5.41, 5.74) is 3.66. The van der Waals surface area contributed by atoms with Gasteiger partial charge < -0.3 is 14.7 Å². The summed E-state index contributed by atoms with van der Waals surface area (Å²) in [6.45, 7) is 5.85. The van der Waals surface area contributed by atoms with E-state index in [1.165, 1.54) is 6.07 Å². The van der Waals surface area contributed by atoms with E-state index >= 15 is 0 Å². The lowest BCUT2D eigenvalue weighted by molar-refractivity contribution is 0.213. The summed E-state index contributed by atoms with van der Waals surface area (Å²) in [5.74, 6) is 2.91. The van der Waals surface area contributed by atoms with Gasteiger partial charge in [-0.05, 0) is 42.3 Å². The Morgan fingerprint density at radius 3 is 2.64 bits per heavy atom. The number of hydrogen-bond donors (Lipinski definition) is 1. The Morgan fingerprint density at radius 1 is 1.12 bits per heavy atom. The lowest BCUT2D eigenvalue weighted by Crippen LogP contribution is -2.46. The summed E-state index contributed by atoms with van der Waals surface area (Å²) in [5, 5.41) is 11.0. The van der Waals surface area contributed by atoms with Crippen LogP contribution in [0.15, 0.2) is 60.8 Å². The molecule has 1 aliphatic heterocycles. The summed E-state index contributed by atoms with van der Waals surface area (Å²) in [7, 11) is 0. The van der Waals surface area contributed by atoms with Crippen molar-refractivity contribution >= 4 is 5.69 Å². The van der Waals surface area contributed by atoms with Gasteiger partial charge in [-0.25, -0.2) is 4.39 Å². The molecule has 0 saturated carbocycles. The van der Waals surface area contributed by atoms with Gasteiger partial charge in [0.2, 0.25) is 0 Å². The van der Waals surface area contributed by atoms with Gasteiger partial charge in [-0.2, -0.15) is 0 Å². The SMILES string of the molecule is C#CCOc1cccc(CN2CCN(c3c(F)cccc3[C@H](O)c3ccc(C)cn3)CC2)c1. The van der Waals surface area contributed by atoms with Crippen LogP contribution in [-0.4, -0.2) is 47.8 Å². The van der Waals surface area contributed by atoms with Crippen LogP contribution in [0.4, 0.5) is 10.1 Å². The third-order valence-electron chi connectivity index (χ3n) is 5.84. The molecule has 6 heteroatoms. The standard InChI is InChI=1S/C27H28FN3O2/c1-3-16-33-22-7-4-6-21(17-22)19-30-12-14-31(15-13-30)26-23(8-5-9-24(26)28)27(32)25-11-10-20(2)18-29-25/h1,4-11,17-18,27,32H,12-16,19H2,2H3/t27-/m0/s1. The lowest BCUT2D eigenvalue weighted by Gasteiger charge is -2.37. The van der Waals surface area contributed by atoms with Crippen LogP contribution in [0, 0.1) is 25.1 Å². The maximum Gasteiger partial charge on any atom is 0.148 e. The van der Waals surface area contributed by atoms with E-state index in [0.717, 1.165) is 36.5 Å². The smallest absolute Gasteiger partial charge is 0.148 e. The quantitative estimate of drug-likeness (QED) is 0.558. The van der Waals surface area contributed by atoms with Gasteiger partial charge in [0.05, 0.1) is 11.4 Å². The highest BCUT2D eigenvalue weighted by molar-refractivity contribution is 5.57. The van der Waals surface area contributed by atoms with Crippen LogP contribution in [0.1, 0.15) is 28.5 Å². The number of aliphatic hydroxyl groups is 1. The van der Waals surface area contributed by atoms with Crippen molar-refractivity contribution < 1.29 is 14.2 Å². The number of nitrogens with zero attached hydrogens (tertiary/aromatic N) is 3. The molecular formula is C27H28FN3O2. The van der Waals surface area contributed by atoms with Crippen molar-refractivity contribution in [2.75, 3.05) is 37.7 Å². The first-order valence-corrected chi connectivity index (χ1v) is 11.1. The molecule has 2 aromatic carbocycles. The number of pyridine rings is 1. The summed E-state index contributed by atoms with van der Waals surface area (Å²) in [6.07, 6.45) is 6.00. The van der Waals surface area contributed by atoms with Gasteiger partial charge in [-0.3, -0.25) is 9.88 Å². The van der Waals surface area contributed by atoms with E-state index in [1.54, 1.807) is 24.4 Å². The average molecular weight is 446 g/mol. The first-order chi connectivity index (χ1) is 16.0. The average Bonchev–Trinajstić information content (AvgIpc) is 2.83. The highest BCUT2D eigenvalue weighted by atomic mass is 19.1. The minimum absolute atomic E-state index is 0.247. The van der Waals surface area contributed by atoms with Crippen LogP contribution in [0.2, 0.25) is 0 Å². The number of rotatable bonds is 7. The number of terminal acetylenes is 1. The Morgan fingerprint density at radius 2 is 1.91 bits per heavy atom. The number of para-hydroxylation sites is 1. The number of benzene rings is 2. The van der Waals surface area contributed by atoms with Gasteiger partial charge in [-0.1, -0.05) is 36.3 Å². The van der Waals surface area contributed by atoms with E-state index in [2.05, 4.69) is 21.9 Å². The summed E-state index contributed by atoms with van der Waals surface area (Å²) in [4.78, 5) is 8.68. The Balaban J connectivity index is 1.45. The molecule has 0 amide bonds. The molecule has 0 unspecified atom stereocenters. The number of aryl methyl sites for hydroxylation is 1. The normalized spacial score (nSPS) is 15.2. The Bertz CT molecular complexity index is 1120. The highest BCUT2D eigenvalue weighted by Crippen LogP contribution is 2.33. The molecule has 0 radical (unpaired) electrons. The number of halogens is 1. The van der Waals surface area contributed by atoms with Gasteiger partial charge >= 0.3 is 0 Å². The number of aliphatic hydroxyl groups excluding tert-OH is 1. The molecule has 4 rings (SSSR count). The topological polar surface area (TPSA) is 48.8 Å². The van der Waals surface area contributed by atoms with Crippen LogP contribution in [0.5, 0.6) is 5.75 Å². The van der Waals surface area contributed by atoms with E-state index in [0.29, 0.717) is 30.0 Å². The zero-order chi connectivity index (χ0) is 23.2. The molecule has 1 atom stereocenters. The van der Waals surface area contributed by atoms with Gasteiger partial charge in [0.1, 0.15) is 24.3 Å². The number of aromatic nitrogens is 1. The van der Waals surface area contributed by atoms with Crippen molar-refractivity contribution in [2.45, 2.75) is 19.6 Å². The fourth-order valence-corrected chi connectivity index (χ4v) is 4.13. The molecular weight excluding hydrogens is 417 g/mol. The molecule has 0 bridgehead atoms. The van der Waals surface area contributed by atoms with Gasteiger partial charge in [-0.15, -0.1) is 6.42 Å². The molecule has 1 saturated heterocycles. The van der Waals surface area contributed by atoms with Crippen molar-refractivity contribution in [2.24, 2.45) is 0 Å². The second kappa shape index (κ2) is 10.5. The number of ether oxygens (including phenoxy) is 1. The van der Waals surface area contributed by atoms with Crippen molar-refractivity contribution in [1.29, 1.82) is 0 Å². The molecule has 5 nitrogen and oxygen atoms in total. The molecule has 1 aromatic heterocycles. The molecule has 0 aliphatic carbocycles. The minimum atomic E-state index is -0.986. The van der Waals surface area contributed by atoms with Crippen LogP contribution in [0.25, 0.3) is 0 Å². The molecule has 1 fully saturated rings. The summed E-state index contributed by atoms with van der Waals surface area (Å²) in [6, 6.07) is 16.5. The van der Waals surface area contributed by atoms with E-state index < -0.39 is 6.10 Å². The maximum atomic E-state index is 15.0. The number of anilines is 1. The monoisotopic (exact) mass is 445 g/mol. The Hall–Kier alpha value is -3.40. The van der Waals surface area contributed by atoms with Crippen LogP contribution < -0.4 is 9.64 Å². The predicted molar refractivity (Wildman–Crippen MR) is 128 cm³/mol. The minimum Gasteiger partial charge on any atom is -0.481 e. The van der Waals surface area contributed by atoms with Crippen LogP contribution in [0.3, 0.4) is 0 Å². The molecule has 1 N–H and O–H groups in total. The second-order valence-electron chi connectivity index (χ2n) is 8.24. The summed E-state index contributed by atoms with van der Waals surface area (Å²) >= 11 is 0. The molecule has 0 spiro atoms. The van der Waals surface area contributed by atoms with Gasteiger partial charge in [0.15, 0.2) is 0 Å². The largest absolute Gasteiger partial charge is 0.481 e. The van der Waals surface area contributed by atoms with E-state index in [9.17, 15) is 9.50 Å². The lowest BCUT2D eigenvalue weighted by atomic mass is 10.0. The zero-order valence-corrected chi connectivity index (χ0v) is 18.7. The first kappa shape index (κ1) is 22.8. The van der Waals surface area contributed by atoms with Crippen LogP contribution in [-0.2, 0) is 6.54 Å². The third-order valence-corrected chi connectivity index (χ3v) is 5.84. The molecule has 2 heterocycles. The van der Waals surface area contributed by atoms with E-state index in [1.807, 2.05) is 36.1 Å². The van der Waals surface area contributed by atoms with Crippen molar-refractivity contribution in [1.82, 2.24) is 9.88 Å². The van der Waals surface area contributed by atoms with E-state index in [-0.39, 0.29) is 12.4 Å². The Kier molecular flexibility index (Phi) is 7.23. The Labute approximate surface area is 194 Å². The third kappa shape index (κ3) is 5.51. The van der Waals surface area contributed by atoms with Crippen molar-refractivity contribution in [3.8, 4) is 18.1 Å². The van der Waals surface area contributed by atoms with E-state index in [4.69, 9.17) is 11.2 Å². The highest BCUT2D eigenvalue weighted by Gasteiger charge is 2.25. The predicted octanol–water partition coefficient (Wildman–Crippen LogP) is 3.95. The zero-order valence-electron chi connectivity index (χ0n) is 18.7. The van der Waals surface area contributed by atoms with Gasteiger partial charge in [0, 0.05) is 44.5 Å². The molecule has 1 aliphatic rings. The van der Waals surface area contributed by atoms with Crippen LogP contribution >= 0.6 is 0 Å². The maximum absolute atomic E-state index is 15.0. The molecule has 170 valence electrons.